The highest BCUT2D eigenvalue weighted by molar-refractivity contribution is 9.10. The van der Waals surface area contributed by atoms with Crippen molar-refractivity contribution in [3.63, 3.8) is 0 Å². The molecular weight excluding hydrogens is 328 g/mol. The number of nitrogens with zero attached hydrogens (tertiary/aromatic N) is 2. The lowest BCUT2D eigenvalue weighted by molar-refractivity contribution is 0.593. The number of halogens is 1. The molecule has 4 nitrogen and oxygen atoms in total. The van der Waals surface area contributed by atoms with Crippen LogP contribution in [-0.2, 0) is 28.4 Å². The van der Waals surface area contributed by atoms with Crippen molar-refractivity contribution >= 4 is 25.8 Å². The van der Waals surface area contributed by atoms with Crippen molar-refractivity contribution < 1.29 is 8.42 Å². The molecule has 1 aromatic carbocycles. The predicted molar refractivity (Wildman–Crippen MR) is 78.4 cm³/mol. The Bertz CT molecular complexity index is 675. The number of benzene rings is 1. The molecule has 0 aliphatic carbocycles. The first-order valence-electron chi connectivity index (χ1n) is 5.80. The standard InChI is InChI=1S/C13H15BrN2O2S/c1-10-7-16(2)15-13(10)9-19(17,18)8-11-3-5-12(14)6-4-11/h3-7H,8-9H2,1-2H3. The zero-order valence-corrected chi connectivity index (χ0v) is 13.2. The van der Waals surface area contributed by atoms with Gasteiger partial charge in [-0.25, -0.2) is 8.42 Å². The molecule has 0 spiro atoms. The number of aromatic nitrogens is 2. The Morgan fingerprint density at radius 2 is 1.84 bits per heavy atom. The first-order chi connectivity index (χ1) is 8.85. The Balaban J connectivity index is 2.15. The Labute approximate surface area is 121 Å². The quantitative estimate of drug-likeness (QED) is 0.858. The minimum atomic E-state index is -3.20. The molecule has 0 bridgehead atoms. The van der Waals surface area contributed by atoms with Gasteiger partial charge in [0.1, 0.15) is 0 Å². The lowest BCUT2D eigenvalue weighted by atomic mass is 10.2. The third-order valence-electron chi connectivity index (χ3n) is 2.77. The molecule has 2 aromatic rings. The van der Waals surface area contributed by atoms with Gasteiger partial charge in [0.15, 0.2) is 9.84 Å². The highest BCUT2D eigenvalue weighted by Gasteiger charge is 2.16. The van der Waals surface area contributed by atoms with Gasteiger partial charge in [0.25, 0.3) is 0 Å². The molecule has 0 saturated carbocycles. The number of rotatable bonds is 4. The average Bonchev–Trinajstić information content (AvgIpc) is 2.59. The largest absolute Gasteiger partial charge is 0.275 e. The second kappa shape index (κ2) is 5.46. The minimum Gasteiger partial charge on any atom is -0.275 e. The number of aryl methyl sites for hydroxylation is 2. The molecule has 0 aliphatic rings. The SMILES string of the molecule is Cc1cn(C)nc1CS(=O)(=O)Cc1ccc(Br)cc1. The van der Waals surface area contributed by atoms with Crippen LogP contribution in [-0.4, -0.2) is 18.2 Å². The van der Waals surface area contributed by atoms with Crippen LogP contribution in [0.15, 0.2) is 34.9 Å². The molecule has 0 fully saturated rings. The summed E-state index contributed by atoms with van der Waals surface area (Å²) in [5.74, 6) is 0.0199. The number of sulfone groups is 1. The topological polar surface area (TPSA) is 52.0 Å². The zero-order valence-electron chi connectivity index (χ0n) is 10.8. The lowest BCUT2D eigenvalue weighted by Gasteiger charge is -2.04. The van der Waals surface area contributed by atoms with Gasteiger partial charge in [-0.3, -0.25) is 4.68 Å². The van der Waals surface area contributed by atoms with E-state index in [0.717, 1.165) is 15.6 Å². The summed E-state index contributed by atoms with van der Waals surface area (Å²) >= 11 is 3.33. The predicted octanol–water partition coefficient (Wildman–Crippen LogP) is 2.61. The summed E-state index contributed by atoms with van der Waals surface area (Å²) in [6.07, 6.45) is 1.82. The van der Waals surface area contributed by atoms with Gasteiger partial charge in [-0.1, -0.05) is 28.1 Å². The summed E-state index contributed by atoms with van der Waals surface area (Å²) in [4.78, 5) is 0. The molecule has 0 atom stereocenters. The Morgan fingerprint density at radius 3 is 2.37 bits per heavy atom. The van der Waals surface area contributed by atoms with Crippen molar-refractivity contribution in [3.05, 3.63) is 51.8 Å². The summed E-state index contributed by atoms with van der Waals surface area (Å²) < 4.78 is 26.9. The van der Waals surface area contributed by atoms with Crippen LogP contribution in [0.3, 0.4) is 0 Å². The van der Waals surface area contributed by atoms with Gasteiger partial charge in [0, 0.05) is 17.7 Å². The van der Waals surface area contributed by atoms with Crippen molar-refractivity contribution in [2.45, 2.75) is 18.4 Å². The van der Waals surface area contributed by atoms with E-state index >= 15 is 0 Å². The van der Waals surface area contributed by atoms with Gasteiger partial charge < -0.3 is 0 Å². The van der Waals surface area contributed by atoms with Crippen molar-refractivity contribution in [1.29, 1.82) is 0 Å². The van der Waals surface area contributed by atoms with Gasteiger partial charge in [-0.2, -0.15) is 5.10 Å². The first kappa shape index (κ1) is 14.3. The molecule has 0 saturated heterocycles. The van der Waals surface area contributed by atoms with E-state index in [1.807, 2.05) is 37.4 Å². The fourth-order valence-corrected chi connectivity index (χ4v) is 3.66. The van der Waals surface area contributed by atoms with E-state index < -0.39 is 9.84 Å². The van der Waals surface area contributed by atoms with E-state index in [-0.39, 0.29) is 11.5 Å². The molecule has 6 heteroatoms. The summed E-state index contributed by atoms with van der Waals surface area (Å²) in [5, 5.41) is 4.18. The van der Waals surface area contributed by atoms with Gasteiger partial charge >= 0.3 is 0 Å². The summed E-state index contributed by atoms with van der Waals surface area (Å²) in [6, 6.07) is 7.31. The van der Waals surface area contributed by atoms with Crippen LogP contribution in [0.5, 0.6) is 0 Å². The molecule has 102 valence electrons. The molecule has 0 unspecified atom stereocenters. The summed E-state index contributed by atoms with van der Waals surface area (Å²) in [5.41, 5.74) is 2.32. The van der Waals surface area contributed by atoms with Crippen molar-refractivity contribution in [3.8, 4) is 0 Å². The maximum absolute atomic E-state index is 12.2. The van der Waals surface area contributed by atoms with Crippen LogP contribution in [0, 0.1) is 6.92 Å². The molecule has 1 aromatic heterocycles. The van der Waals surface area contributed by atoms with Crippen molar-refractivity contribution in [2.24, 2.45) is 7.05 Å². The highest BCUT2D eigenvalue weighted by atomic mass is 79.9. The maximum Gasteiger partial charge on any atom is 0.160 e. The molecule has 19 heavy (non-hydrogen) atoms. The highest BCUT2D eigenvalue weighted by Crippen LogP contribution is 2.16. The maximum atomic E-state index is 12.2. The van der Waals surface area contributed by atoms with Crippen LogP contribution in [0.2, 0.25) is 0 Å². The molecule has 0 aliphatic heterocycles. The molecule has 0 radical (unpaired) electrons. The van der Waals surface area contributed by atoms with E-state index in [2.05, 4.69) is 21.0 Å². The van der Waals surface area contributed by atoms with Gasteiger partial charge in [-0.15, -0.1) is 0 Å². The molecule has 0 amide bonds. The monoisotopic (exact) mass is 342 g/mol. The fraction of sp³-hybridized carbons (Fsp3) is 0.308. The van der Waals surface area contributed by atoms with Crippen LogP contribution in [0.1, 0.15) is 16.8 Å². The van der Waals surface area contributed by atoms with Crippen molar-refractivity contribution in [1.82, 2.24) is 9.78 Å². The van der Waals surface area contributed by atoms with Crippen LogP contribution < -0.4 is 0 Å². The fourth-order valence-electron chi connectivity index (χ4n) is 1.89. The van der Waals surface area contributed by atoms with E-state index in [4.69, 9.17) is 0 Å². The second-order valence-corrected chi connectivity index (χ2v) is 7.57. The number of hydrogen-bond acceptors (Lipinski definition) is 3. The third-order valence-corrected chi connectivity index (χ3v) is 4.79. The average molecular weight is 343 g/mol. The van der Waals surface area contributed by atoms with E-state index in [1.54, 1.807) is 11.7 Å². The normalized spacial score (nSPS) is 11.7. The Kier molecular flexibility index (Phi) is 4.10. The van der Waals surface area contributed by atoms with E-state index in [9.17, 15) is 8.42 Å². The van der Waals surface area contributed by atoms with Crippen molar-refractivity contribution in [2.75, 3.05) is 0 Å². The summed E-state index contributed by atoms with van der Waals surface area (Å²) in [6.45, 7) is 1.87. The molecule has 0 N–H and O–H groups in total. The first-order valence-corrected chi connectivity index (χ1v) is 8.41. The van der Waals surface area contributed by atoms with E-state index in [0.29, 0.717) is 5.69 Å². The minimum absolute atomic E-state index is 0.0181. The summed E-state index contributed by atoms with van der Waals surface area (Å²) in [7, 11) is -1.41. The lowest BCUT2D eigenvalue weighted by Crippen LogP contribution is -2.09. The molecular formula is C13H15BrN2O2S. The molecule has 2 rings (SSSR count). The van der Waals surface area contributed by atoms with Gasteiger partial charge in [-0.05, 0) is 30.2 Å². The number of hydrogen-bond donors (Lipinski definition) is 0. The Morgan fingerprint density at radius 1 is 1.21 bits per heavy atom. The smallest absolute Gasteiger partial charge is 0.160 e. The molecule has 1 heterocycles. The van der Waals surface area contributed by atoms with Crippen LogP contribution in [0.25, 0.3) is 0 Å². The third kappa shape index (κ3) is 3.91. The van der Waals surface area contributed by atoms with Crippen LogP contribution in [0.4, 0.5) is 0 Å². The zero-order chi connectivity index (χ0) is 14.0. The van der Waals surface area contributed by atoms with E-state index in [1.165, 1.54) is 0 Å². The Hall–Kier alpha value is -1.14. The second-order valence-electron chi connectivity index (χ2n) is 4.59. The van der Waals surface area contributed by atoms with Crippen LogP contribution >= 0.6 is 15.9 Å². The van der Waals surface area contributed by atoms with Gasteiger partial charge in [0.05, 0.1) is 17.2 Å². The van der Waals surface area contributed by atoms with Gasteiger partial charge in [0.2, 0.25) is 0 Å².